The molecule has 3 amide bonds. The second-order valence-electron chi connectivity index (χ2n) is 9.74. The van der Waals surface area contributed by atoms with Crippen molar-refractivity contribution in [3.05, 3.63) is 65.4 Å². The molecule has 4 rings (SSSR count). The number of imide groups is 1. The van der Waals surface area contributed by atoms with Crippen LogP contribution in [0.4, 0.5) is 5.69 Å². The van der Waals surface area contributed by atoms with Crippen LogP contribution in [0, 0.1) is 0 Å². The average molecular weight is 536 g/mol. The van der Waals surface area contributed by atoms with Crippen LogP contribution in [0.3, 0.4) is 0 Å². The molecule has 0 spiro atoms. The summed E-state index contributed by atoms with van der Waals surface area (Å²) < 4.78 is 4.98. The first-order valence-corrected chi connectivity index (χ1v) is 14.5. The Kier molecular flexibility index (Phi) is 10.3. The number of thioether (sulfide) groups is 1. The number of unbranched alkanes of at least 4 members (excludes halogenated alkanes) is 5. The van der Waals surface area contributed by atoms with Gasteiger partial charge in [0.15, 0.2) is 0 Å². The van der Waals surface area contributed by atoms with Crippen molar-refractivity contribution in [2.24, 2.45) is 0 Å². The Morgan fingerprint density at radius 1 is 1.05 bits per heavy atom. The van der Waals surface area contributed by atoms with Crippen molar-refractivity contribution in [3.63, 3.8) is 0 Å². The zero-order valence-electron chi connectivity index (χ0n) is 22.0. The van der Waals surface area contributed by atoms with Gasteiger partial charge in [-0.3, -0.25) is 19.7 Å². The van der Waals surface area contributed by atoms with Crippen LogP contribution in [0.15, 0.2) is 53.6 Å². The fourth-order valence-electron chi connectivity index (χ4n) is 4.94. The Morgan fingerprint density at radius 3 is 2.66 bits per heavy atom. The van der Waals surface area contributed by atoms with Gasteiger partial charge in [0.25, 0.3) is 5.91 Å². The van der Waals surface area contributed by atoms with Crippen molar-refractivity contribution in [2.45, 2.75) is 68.8 Å². The maximum absolute atomic E-state index is 13.0. The topological polar surface area (TPSA) is 87.7 Å². The number of nitrogens with zero attached hydrogens (tertiary/aromatic N) is 1. The number of carbonyl (C=O) groups excluding carboxylic acids is 3. The van der Waals surface area contributed by atoms with Crippen molar-refractivity contribution >= 4 is 41.2 Å². The fourth-order valence-corrected chi connectivity index (χ4v) is 6.03. The number of fused-ring (bicyclic) bond motifs is 1. The Balaban J connectivity index is 1.11. The second-order valence-corrected chi connectivity index (χ2v) is 10.9. The van der Waals surface area contributed by atoms with Gasteiger partial charge >= 0.3 is 0 Å². The lowest BCUT2D eigenvalue weighted by atomic mass is 10.0. The molecule has 0 bridgehead atoms. The van der Waals surface area contributed by atoms with Crippen molar-refractivity contribution in [1.29, 1.82) is 0 Å². The van der Waals surface area contributed by atoms with Gasteiger partial charge in [-0.05, 0) is 66.5 Å². The van der Waals surface area contributed by atoms with E-state index in [0.717, 1.165) is 46.8 Å². The minimum Gasteiger partial charge on any atom is -0.504 e. The van der Waals surface area contributed by atoms with Gasteiger partial charge in [0.2, 0.25) is 11.8 Å². The minimum atomic E-state index is -0.566. The van der Waals surface area contributed by atoms with Crippen LogP contribution < -0.4 is 10.6 Å². The Morgan fingerprint density at radius 2 is 1.84 bits per heavy atom. The first-order chi connectivity index (χ1) is 18.6. The van der Waals surface area contributed by atoms with Gasteiger partial charge in [-0.15, -0.1) is 11.8 Å². The van der Waals surface area contributed by atoms with Gasteiger partial charge < -0.3 is 15.0 Å². The summed E-state index contributed by atoms with van der Waals surface area (Å²) >= 11 is 1.80. The third-order valence-corrected chi connectivity index (χ3v) is 8.17. The lowest BCUT2D eigenvalue weighted by Gasteiger charge is -2.29. The Hall–Kier alpha value is -3.26. The Labute approximate surface area is 229 Å². The molecule has 1 fully saturated rings. The number of hydrogen-bond donors (Lipinski definition) is 2. The molecule has 1 saturated heterocycles. The highest BCUT2D eigenvalue weighted by Crippen LogP contribution is 2.34. The van der Waals surface area contributed by atoms with Crippen LogP contribution >= 0.6 is 11.8 Å². The third kappa shape index (κ3) is 7.40. The molecule has 2 aliphatic rings. The summed E-state index contributed by atoms with van der Waals surface area (Å²) in [6.07, 6.45) is 11.5. The summed E-state index contributed by atoms with van der Waals surface area (Å²) in [4.78, 5) is 39.5. The van der Waals surface area contributed by atoms with E-state index in [1.54, 1.807) is 30.0 Å². The Bertz CT molecular complexity index is 1170. The molecule has 0 saturated carbocycles. The van der Waals surface area contributed by atoms with Crippen LogP contribution in [-0.4, -0.2) is 48.1 Å². The highest BCUT2D eigenvalue weighted by Gasteiger charge is 2.39. The molecule has 8 heteroatoms. The molecule has 2 heterocycles. The molecule has 1 unspecified atom stereocenters. The predicted molar refractivity (Wildman–Crippen MR) is 152 cm³/mol. The fraction of sp³-hybridized carbons (Fsp3) is 0.433. The van der Waals surface area contributed by atoms with Gasteiger partial charge in [0, 0.05) is 35.7 Å². The molecule has 7 nitrogen and oxygen atoms in total. The smallest absolute Gasteiger partial charge is 0.255 e. The number of ether oxygens (including phenoxy) is 1. The van der Waals surface area contributed by atoms with E-state index in [4.69, 9.17) is 4.74 Å². The van der Waals surface area contributed by atoms with E-state index in [2.05, 4.69) is 34.9 Å². The van der Waals surface area contributed by atoms with E-state index in [0.29, 0.717) is 18.5 Å². The number of hydrogen-bond acceptors (Lipinski definition) is 6. The highest BCUT2D eigenvalue weighted by molar-refractivity contribution is 7.99. The third-order valence-electron chi connectivity index (χ3n) is 6.98. The molecule has 0 aliphatic carbocycles. The highest BCUT2D eigenvalue weighted by atomic mass is 32.2. The summed E-state index contributed by atoms with van der Waals surface area (Å²) in [6, 6.07) is 13.6. The van der Waals surface area contributed by atoms with Gasteiger partial charge in [-0.2, -0.15) is 0 Å². The van der Waals surface area contributed by atoms with Crippen LogP contribution in [-0.2, 0) is 20.9 Å². The molecule has 2 aromatic carbocycles. The molecule has 0 aromatic heterocycles. The van der Waals surface area contributed by atoms with E-state index < -0.39 is 6.04 Å². The number of benzene rings is 2. The summed E-state index contributed by atoms with van der Waals surface area (Å²) in [5, 5.41) is 5.87. The largest absolute Gasteiger partial charge is 0.504 e. The summed E-state index contributed by atoms with van der Waals surface area (Å²) in [6.45, 7) is 1.41. The van der Waals surface area contributed by atoms with E-state index in [1.165, 1.54) is 25.7 Å². The van der Waals surface area contributed by atoms with E-state index in [1.807, 2.05) is 24.3 Å². The maximum atomic E-state index is 13.0. The van der Waals surface area contributed by atoms with Gasteiger partial charge in [-0.1, -0.05) is 43.9 Å². The molecule has 38 heavy (non-hydrogen) atoms. The second kappa shape index (κ2) is 14.0. The molecule has 2 aliphatic heterocycles. The predicted octanol–water partition coefficient (Wildman–Crippen LogP) is 5.61. The molecule has 2 N–H and O–H groups in total. The van der Waals surface area contributed by atoms with E-state index >= 15 is 0 Å². The molecule has 0 radical (unpaired) electrons. The number of methoxy groups -OCH3 is 1. The standard InChI is InChI=1S/C30H37N3O4S/c1-37-18-16-22-10-8-11-23(20-22)31-17-6-4-2-3-5-7-19-38-27-13-9-12-24-25(27)21-33(30(24)36)26-14-15-28(34)32-29(26)35/h8-13,16,18,20,26,31H,2-7,14-15,17,19,21H2,1H3,(H,32,34,35)/b18-16-. The lowest BCUT2D eigenvalue weighted by molar-refractivity contribution is -0.136. The number of carbonyl (C=O) groups is 3. The van der Waals surface area contributed by atoms with Gasteiger partial charge in [-0.25, -0.2) is 0 Å². The van der Waals surface area contributed by atoms with Crippen molar-refractivity contribution < 1.29 is 19.1 Å². The van der Waals surface area contributed by atoms with Crippen molar-refractivity contribution in [3.8, 4) is 0 Å². The van der Waals surface area contributed by atoms with Crippen LogP contribution in [0.1, 0.15) is 72.9 Å². The number of rotatable bonds is 14. The number of amides is 3. The average Bonchev–Trinajstić information content (AvgIpc) is 3.25. The van der Waals surface area contributed by atoms with Crippen LogP contribution in [0.5, 0.6) is 0 Å². The lowest BCUT2D eigenvalue weighted by Crippen LogP contribution is -2.52. The molecule has 2 aromatic rings. The van der Waals surface area contributed by atoms with Gasteiger partial charge in [0.05, 0.1) is 13.4 Å². The first-order valence-electron chi connectivity index (χ1n) is 13.5. The van der Waals surface area contributed by atoms with Crippen LogP contribution in [0.2, 0.25) is 0 Å². The first kappa shape index (κ1) is 27.8. The summed E-state index contributed by atoms with van der Waals surface area (Å²) in [5.41, 5.74) is 3.95. The minimum absolute atomic E-state index is 0.109. The summed E-state index contributed by atoms with van der Waals surface area (Å²) in [7, 11) is 1.65. The normalized spacial score (nSPS) is 17.1. The molecule has 1 atom stereocenters. The SMILES string of the molecule is CO/C=C\c1cccc(NCCCCCCCCSc2cccc3c2CN(C2CCC(=O)NC2=O)C3=O)c1. The number of piperidine rings is 1. The zero-order chi connectivity index (χ0) is 26.7. The maximum Gasteiger partial charge on any atom is 0.255 e. The monoisotopic (exact) mass is 535 g/mol. The zero-order valence-corrected chi connectivity index (χ0v) is 22.9. The van der Waals surface area contributed by atoms with Crippen LogP contribution in [0.25, 0.3) is 6.08 Å². The van der Waals surface area contributed by atoms with Crippen molar-refractivity contribution in [1.82, 2.24) is 10.2 Å². The number of anilines is 1. The van der Waals surface area contributed by atoms with E-state index in [9.17, 15) is 14.4 Å². The quantitative estimate of drug-likeness (QED) is 0.142. The molecule has 202 valence electrons. The molecular weight excluding hydrogens is 498 g/mol. The van der Waals surface area contributed by atoms with Gasteiger partial charge in [0.1, 0.15) is 6.04 Å². The molecular formula is C30H37N3O4S. The van der Waals surface area contributed by atoms with Crippen molar-refractivity contribution in [2.75, 3.05) is 24.7 Å². The summed E-state index contributed by atoms with van der Waals surface area (Å²) in [5.74, 6) is 0.276. The van der Waals surface area contributed by atoms with E-state index in [-0.39, 0.29) is 24.1 Å². The number of nitrogens with one attached hydrogen (secondary N) is 2.